The van der Waals surface area contributed by atoms with Gasteiger partial charge in [-0.25, -0.2) is 0 Å². The third-order valence-electron chi connectivity index (χ3n) is 2.75. The maximum atomic E-state index is 5.95. The number of H-pyrrole nitrogens is 1. The monoisotopic (exact) mass is 222 g/mol. The van der Waals surface area contributed by atoms with Gasteiger partial charge in [0.15, 0.2) is 0 Å². The van der Waals surface area contributed by atoms with Crippen LogP contribution in [-0.4, -0.2) is 18.6 Å². The van der Waals surface area contributed by atoms with Crippen molar-refractivity contribution in [2.45, 2.75) is 13.3 Å². The van der Waals surface area contributed by atoms with Crippen molar-refractivity contribution in [3.8, 4) is 0 Å². The van der Waals surface area contributed by atoms with E-state index < -0.39 is 0 Å². The predicted octanol–water partition coefficient (Wildman–Crippen LogP) is 2.89. The van der Waals surface area contributed by atoms with Gasteiger partial charge >= 0.3 is 0 Å². The molecular weight excluding hydrogens is 208 g/mol. The van der Waals surface area contributed by atoms with Crippen molar-refractivity contribution in [2.75, 3.05) is 13.6 Å². The Hall–Kier alpha value is -0.990. The summed E-state index contributed by atoms with van der Waals surface area (Å²) in [6.45, 7) is 3.14. The zero-order chi connectivity index (χ0) is 10.8. The lowest BCUT2D eigenvalue weighted by Gasteiger charge is -1.98. The Bertz CT molecular complexity index is 474. The average molecular weight is 223 g/mol. The van der Waals surface area contributed by atoms with E-state index in [9.17, 15) is 0 Å². The number of halogens is 1. The van der Waals surface area contributed by atoms with Gasteiger partial charge in [-0.1, -0.05) is 17.7 Å². The first-order valence-corrected chi connectivity index (χ1v) is 5.51. The molecule has 0 bridgehead atoms. The molecule has 0 saturated heterocycles. The summed E-state index contributed by atoms with van der Waals surface area (Å²) < 4.78 is 0. The SMILES string of the molecule is CNCCc1[nH]c2cc(Cl)ccc2c1C. The van der Waals surface area contributed by atoms with E-state index in [1.165, 1.54) is 16.6 Å². The van der Waals surface area contributed by atoms with E-state index in [0.717, 1.165) is 23.5 Å². The van der Waals surface area contributed by atoms with Gasteiger partial charge in [0.25, 0.3) is 0 Å². The van der Waals surface area contributed by atoms with Crippen molar-refractivity contribution in [2.24, 2.45) is 0 Å². The van der Waals surface area contributed by atoms with Crippen LogP contribution < -0.4 is 5.32 Å². The molecule has 0 unspecified atom stereocenters. The molecule has 0 aliphatic heterocycles. The lowest BCUT2D eigenvalue weighted by atomic mass is 10.1. The molecule has 1 aromatic carbocycles. The maximum absolute atomic E-state index is 5.95. The topological polar surface area (TPSA) is 27.8 Å². The summed E-state index contributed by atoms with van der Waals surface area (Å²) in [5.74, 6) is 0. The van der Waals surface area contributed by atoms with Crippen LogP contribution in [0.15, 0.2) is 18.2 Å². The Balaban J connectivity index is 2.44. The number of benzene rings is 1. The van der Waals surface area contributed by atoms with E-state index in [0.29, 0.717) is 0 Å². The number of nitrogens with one attached hydrogen (secondary N) is 2. The molecule has 2 N–H and O–H groups in total. The van der Waals surface area contributed by atoms with E-state index in [2.05, 4.69) is 23.3 Å². The Morgan fingerprint density at radius 3 is 2.93 bits per heavy atom. The third kappa shape index (κ3) is 2.01. The lowest BCUT2D eigenvalue weighted by molar-refractivity contribution is 0.778. The third-order valence-corrected chi connectivity index (χ3v) is 2.98. The van der Waals surface area contributed by atoms with Crippen LogP contribution in [0.25, 0.3) is 10.9 Å². The number of aromatic nitrogens is 1. The van der Waals surface area contributed by atoms with Crippen molar-refractivity contribution in [1.29, 1.82) is 0 Å². The fraction of sp³-hybridized carbons (Fsp3) is 0.333. The van der Waals surface area contributed by atoms with E-state index in [4.69, 9.17) is 11.6 Å². The first kappa shape index (κ1) is 10.5. The van der Waals surface area contributed by atoms with Gasteiger partial charge < -0.3 is 10.3 Å². The van der Waals surface area contributed by atoms with Gasteiger partial charge in [-0.3, -0.25) is 0 Å². The summed E-state index contributed by atoms with van der Waals surface area (Å²) in [5.41, 5.74) is 3.75. The molecule has 0 aliphatic rings. The first-order valence-electron chi connectivity index (χ1n) is 5.13. The van der Waals surface area contributed by atoms with Crippen LogP contribution in [0.1, 0.15) is 11.3 Å². The number of likely N-dealkylation sites (N-methyl/N-ethyl adjacent to an activating group) is 1. The molecule has 0 aliphatic carbocycles. The molecule has 0 fully saturated rings. The minimum absolute atomic E-state index is 0.781. The van der Waals surface area contributed by atoms with Crippen molar-refractivity contribution in [3.63, 3.8) is 0 Å². The summed E-state index contributed by atoms with van der Waals surface area (Å²) in [5, 5.41) is 5.20. The number of rotatable bonds is 3. The molecule has 1 heterocycles. The summed E-state index contributed by atoms with van der Waals surface area (Å²) in [6, 6.07) is 5.99. The summed E-state index contributed by atoms with van der Waals surface area (Å²) in [4.78, 5) is 3.42. The molecule has 0 amide bonds. The van der Waals surface area contributed by atoms with Gasteiger partial charge in [-0.2, -0.15) is 0 Å². The molecule has 2 nitrogen and oxygen atoms in total. The van der Waals surface area contributed by atoms with E-state index in [-0.39, 0.29) is 0 Å². The quantitative estimate of drug-likeness (QED) is 0.821. The highest BCUT2D eigenvalue weighted by Gasteiger charge is 2.06. The normalized spacial score (nSPS) is 11.1. The smallest absolute Gasteiger partial charge is 0.0473 e. The second-order valence-corrected chi connectivity index (χ2v) is 4.21. The van der Waals surface area contributed by atoms with E-state index >= 15 is 0 Å². The van der Waals surface area contributed by atoms with Crippen LogP contribution in [0, 0.1) is 6.92 Å². The van der Waals surface area contributed by atoms with Crippen molar-refractivity contribution >= 4 is 22.5 Å². The Morgan fingerprint density at radius 1 is 1.40 bits per heavy atom. The highest BCUT2D eigenvalue weighted by atomic mass is 35.5. The molecule has 1 aromatic heterocycles. The van der Waals surface area contributed by atoms with E-state index in [1.807, 2.05) is 19.2 Å². The number of aromatic amines is 1. The largest absolute Gasteiger partial charge is 0.358 e. The number of hydrogen-bond acceptors (Lipinski definition) is 1. The molecule has 0 radical (unpaired) electrons. The van der Waals surface area contributed by atoms with Crippen LogP contribution in [-0.2, 0) is 6.42 Å². The number of fused-ring (bicyclic) bond motifs is 1. The van der Waals surface area contributed by atoms with Crippen molar-refractivity contribution in [3.05, 3.63) is 34.5 Å². The van der Waals surface area contributed by atoms with Crippen LogP contribution in [0.2, 0.25) is 5.02 Å². The molecule has 0 atom stereocenters. The molecule has 2 aromatic rings. The van der Waals surface area contributed by atoms with Crippen LogP contribution in [0.4, 0.5) is 0 Å². The van der Waals surface area contributed by atoms with Crippen LogP contribution >= 0.6 is 11.6 Å². The van der Waals surface area contributed by atoms with Gasteiger partial charge in [-0.05, 0) is 31.7 Å². The summed E-state index contributed by atoms with van der Waals surface area (Å²) >= 11 is 5.95. The molecule has 3 heteroatoms. The van der Waals surface area contributed by atoms with Gasteiger partial charge in [0.05, 0.1) is 0 Å². The fourth-order valence-corrected chi connectivity index (χ4v) is 2.04. The summed E-state index contributed by atoms with van der Waals surface area (Å²) in [6.07, 6.45) is 1.02. The fourth-order valence-electron chi connectivity index (χ4n) is 1.87. The molecule has 2 rings (SSSR count). The van der Waals surface area contributed by atoms with E-state index in [1.54, 1.807) is 0 Å². The van der Waals surface area contributed by atoms with Gasteiger partial charge in [0.2, 0.25) is 0 Å². The Kier molecular flexibility index (Phi) is 2.98. The Labute approximate surface area is 94.6 Å². The van der Waals surface area contributed by atoms with Gasteiger partial charge in [0.1, 0.15) is 0 Å². The lowest BCUT2D eigenvalue weighted by Crippen LogP contribution is -2.10. The minimum atomic E-state index is 0.781. The summed E-state index contributed by atoms with van der Waals surface area (Å²) in [7, 11) is 1.97. The molecule has 80 valence electrons. The standard InChI is InChI=1S/C12H15ClN2/c1-8-10-4-3-9(13)7-12(10)15-11(8)5-6-14-2/h3-4,7,14-15H,5-6H2,1-2H3. The molecule has 0 spiro atoms. The minimum Gasteiger partial charge on any atom is -0.358 e. The number of hydrogen-bond donors (Lipinski definition) is 2. The maximum Gasteiger partial charge on any atom is 0.0473 e. The molecule has 0 saturated carbocycles. The zero-order valence-corrected chi connectivity index (χ0v) is 9.78. The highest BCUT2D eigenvalue weighted by Crippen LogP contribution is 2.24. The Morgan fingerprint density at radius 2 is 2.20 bits per heavy atom. The molecular formula is C12H15ClN2. The average Bonchev–Trinajstić information content (AvgIpc) is 2.52. The van der Waals surface area contributed by atoms with Crippen LogP contribution in [0.3, 0.4) is 0 Å². The highest BCUT2D eigenvalue weighted by molar-refractivity contribution is 6.31. The number of aryl methyl sites for hydroxylation is 1. The first-order chi connectivity index (χ1) is 7.22. The second-order valence-electron chi connectivity index (χ2n) is 3.77. The van der Waals surface area contributed by atoms with Crippen LogP contribution in [0.5, 0.6) is 0 Å². The van der Waals surface area contributed by atoms with Crippen molar-refractivity contribution in [1.82, 2.24) is 10.3 Å². The predicted molar refractivity (Wildman–Crippen MR) is 65.7 cm³/mol. The van der Waals surface area contributed by atoms with Gasteiger partial charge in [-0.15, -0.1) is 0 Å². The van der Waals surface area contributed by atoms with Gasteiger partial charge in [0, 0.05) is 34.6 Å². The second kappa shape index (κ2) is 4.25. The van der Waals surface area contributed by atoms with Crippen molar-refractivity contribution < 1.29 is 0 Å². The zero-order valence-electron chi connectivity index (χ0n) is 9.02. The molecule has 15 heavy (non-hydrogen) atoms.